The Morgan fingerprint density at radius 2 is 2.08 bits per heavy atom. The van der Waals surface area contributed by atoms with E-state index < -0.39 is 0 Å². The van der Waals surface area contributed by atoms with Crippen LogP contribution in [0.2, 0.25) is 0 Å². The largest absolute Gasteiger partial charge is 0.497 e. The molecule has 126 valence electrons. The zero-order valence-corrected chi connectivity index (χ0v) is 13.9. The number of aromatic nitrogens is 1. The van der Waals surface area contributed by atoms with Crippen molar-refractivity contribution in [3.63, 3.8) is 0 Å². The van der Waals surface area contributed by atoms with Crippen molar-refractivity contribution in [1.82, 2.24) is 15.6 Å². The van der Waals surface area contributed by atoms with Gasteiger partial charge in [-0.2, -0.15) is 0 Å². The van der Waals surface area contributed by atoms with Crippen LogP contribution in [0.5, 0.6) is 5.75 Å². The van der Waals surface area contributed by atoms with Gasteiger partial charge in [0.15, 0.2) is 0 Å². The topological polar surface area (TPSA) is 63.2 Å². The van der Waals surface area contributed by atoms with Gasteiger partial charge >= 0.3 is 6.03 Å². The lowest BCUT2D eigenvalue weighted by Crippen LogP contribution is -2.38. The van der Waals surface area contributed by atoms with Crippen molar-refractivity contribution in [1.29, 1.82) is 0 Å². The predicted octanol–water partition coefficient (Wildman–Crippen LogP) is 3.01. The van der Waals surface area contributed by atoms with Crippen molar-refractivity contribution >= 4 is 6.03 Å². The van der Waals surface area contributed by atoms with E-state index in [2.05, 4.69) is 27.8 Å². The fourth-order valence-electron chi connectivity index (χ4n) is 3.19. The van der Waals surface area contributed by atoms with E-state index in [1.165, 1.54) is 11.1 Å². The summed E-state index contributed by atoms with van der Waals surface area (Å²) in [5.74, 6) is 1.27. The lowest BCUT2D eigenvalue weighted by atomic mass is 9.82. The number of nitrogens with zero attached hydrogens (tertiary/aromatic N) is 1. The summed E-state index contributed by atoms with van der Waals surface area (Å²) in [5.41, 5.74) is 3.70. The van der Waals surface area contributed by atoms with Gasteiger partial charge in [-0.25, -0.2) is 4.79 Å². The Morgan fingerprint density at radius 3 is 2.88 bits per heavy atom. The molecule has 1 heterocycles. The molecule has 0 unspecified atom stereocenters. The van der Waals surface area contributed by atoms with Crippen LogP contribution in [-0.2, 0) is 13.0 Å². The molecule has 1 aromatic heterocycles. The number of hydrogen-bond acceptors (Lipinski definition) is 3. The van der Waals surface area contributed by atoms with E-state index in [4.69, 9.17) is 4.74 Å². The highest BCUT2D eigenvalue weighted by atomic mass is 16.5. The molecule has 0 saturated heterocycles. The summed E-state index contributed by atoms with van der Waals surface area (Å²) in [6.07, 6.45) is 6.77. The molecule has 24 heavy (non-hydrogen) atoms. The average Bonchev–Trinajstić information content (AvgIpc) is 2.65. The van der Waals surface area contributed by atoms with Crippen LogP contribution in [0, 0.1) is 0 Å². The summed E-state index contributed by atoms with van der Waals surface area (Å²) in [5, 5.41) is 5.88. The second-order valence-corrected chi connectivity index (χ2v) is 6.07. The number of benzene rings is 1. The van der Waals surface area contributed by atoms with Crippen molar-refractivity contribution in [2.75, 3.05) is 13.7 Å². The Labute approximate surface area is 142 Å². The maximum atomic E-state index is 12.0. The van der Waals surface area contributed by atoms with Gasteiger partial charge in [-0.05, 0) is 60.2 Å². The molecule has 5 nitrogen and oxygen atoms in total. The number of urea groups is 1. The molecular weight excluding hydrogens is 302 g/mol. The lowest BCUT2D eigenvalue weighted by molar-refractivity contribution is 0.239. The quantitative estimate of drug-likeness (QED) is 0.888. The Kier molecular flexibility index (Phi) is 5.31. The van der Waals surface area contributed by atoms with Crippen LogP contribution in [-0.4, -0.2) is 24.7 Å². The van der Waals surface area contributed by atoms with Gasteiger partial charge in [0.1, 0.15) is 5.75 Å². The predicted molar refractivity (Wildman–Crippen MR) is 93.1 cm³/mol. The highest BCUT2D eigenvalue weighted by molar-refractivity contribution is 5.73. The van der Waals surface area contributed by atoms with Crippen LogP contribution < -0.4 is 15.4 Å². The van der Waals surface area contributed by atoms with Gasteiger partial charge in [0.25, 0.3) is 0 Å². The van der Waals surface area contributed by atoms with Gasteiger partial charge in [-0.1, -0.05) is 6.07 Å². The molecule has 0 radical (unpaired) electrons. The molecule has 1 aromatic carbocycles. The van der Waals surface area contributed by atoms with Gasteiger partial charge in [0.05, 0.1) is 7.11 Å². The monoisotopic (exact) mass is 325 g/mol. The number of pyridine rings is 1. The normalized spacial score (nSPS) is 16.1. The zero-order chi connectivity index (χ0) is 16.8. The molecule has 3 rings (SSSR count). The number of fused-ring (bicyclic) bond motifs is 1. The van der Waals surface area contributed by atoms with Crippen molar-refractivity contribution in [2.45, 2.75) is 31.7 Å². The second-order valence-electron chi connectivity index (χ2n) is 6.07. The smallest absolute Gasteiger partial charge is 0.315 e. The Bertz CT molecular complexity index is 688. The van der Waals surface area contributed by atoms with Crippen LogP contribution >= 0.6 is 0 Å². The fourth-order valence-corrected chi connectivity index (χ4v) is 3.19. The third kappa shape index (κ3) is 4.04. The third-order valence-electron chi connectivity index (χ3n) is 4.50. The number of carbonyl (C=O) groups excluding carboxylic acids is 1. The summed E-state index contributed by atoms with van der Waals surface area (Å²) < 4.78 is 5.30. The van der Waals surface area contributed by atoms with E-state index in [-0.39, 0.29) is 6.03 Å². The number of ether oxygens (including phenoxy) is 1. The first kappa shape index (κ1) is 16.3. The maximum absolute atomic E-state index is 12.0. The van der Waals surface area contributed by atoms with Crippen LogP contribution in [0.3, 0.4) is 0 Å². The van der Waals surface area contributed by atoms with Crippen LogP contribution in [0.4, 0.5) is 4.79 Å². The number of amides is 2. The third-order valence-corrected chi connectivity index (χ3v) is 4.50. The Morgan fingerprint density at radius 1 is 1.25 bits per heavy atom. The van der Waals surface area contributed by atoms with E-state index in [0.717, 1.165) is 30.6 Å². The zero-order valence-electron chi connectivity index (χ0n) is 13.9. The molecule has 0 saturated carbocycles. The van der Waals surface area contributed by atoms with Crippen molar-refractivity contribution < 1.29 is 9.53 Å². The van der Waals surface area contributed by atoms with Crippen LogP contribution in [0.1, 0.15) is 35.4 Å². The number of carbonyl (C=O) groups is 1. The molecule has 1 aliphatic rings. The number of hydrogen-bond donors (Lipinski definition) is 2. The summed E-state index contributed by atoms with van der Waals surface area (Å²) in [7, 11) is 1.69. The standard InChI is InChI=1S/C19H23N3O2/c1-24-17-5-6-18-15(11-17)3-2-4-16(18)13-22-19(23)21-12-14-7-9-20-10-8-14/h5-11,16H,2-4,12-13H2,1H3,(H2,21,22,23)/t16-/m0/s1. The number of methoxy groups -OCH3 is 1. The van der Waals surface area contributed by atoms with Crippen molar-refractivity contribution in [3.8, 4) is 5.75 Å². The summed E-state index contributed by atoms with van der Waals surface area (Å²) >= 11 is 0. The van der Waals surface area contributed by atoms with Crippen LogP contribution in [0.15, 0.2) is 42.7 Å². The molecule has 0 spiro atoms. The minimum absolute atomic E-state index is 0.132. The SMILES string of the molecule is COc1ccc2c(c1)CCC[C@H]2CNC(=O)NCc1ccncc1. The molecule has 0 bridgehead atoms. The molecule has 5 heteroatoms. The second kappa shape index (κ2) is 7.81. The molecule has 2 amide bonds. The van der Waals surface area contributed by atoms with E-state index in [1.807, 2.05) is 18.2 Å². The minimum atomic E-state index is -0.132. The molecule has 0 fully saturated rings. The van der Waals surface area contributed by atoms with Gasteiger partial charge in [0, 0.05) is 31.4 Å². The first-order valence-corrected chi connectivity index (χ1v) is 8.33. The molecular formula is C19H23N3O2. The molecule has 2 N–H and O–H groups in total. The summed E-state index contributed by atoms with van der Waals surface area (Å²) in [6.45, 7) is 1.16. The summed E-state index contributed by atoms with van der Waals surface area (Å²) in [6, 6.07) is 9.91. The highest BCUT2D eigenvalue weighted by Gasteiger charge is 2.21. The van der Waals surface area contributed by atoms with E-state index in [0.29, 0.717) is 19.0 Å². The molecule has 1 aliphatic carbocycles. The van der Waals surface area contributed by atoms with Crippen molar-refractivity contribution in [3.05, 3.63) is 59.4 Å². The molecule has 1 atom stereocenters. The fraction of sp³-hybridized carbons (Fsp3) is 0.368. The van der Waals surface area contributed by atoms with E-state index in [9.17, 15) is 4.79 Å². The Balaban J connectivity index is 1.53. The first-order valence-electron chi connectivity index (χ1n) is 8.33. The molecule has 2 aromatic rings. The number of aryl methyl sites for hydroxylation is 1. The highest BCUT2D eigenvalue weighted by Crippen LogP contribution is 2.33. The minimum Gasteiger partial charge on any atom is -0.497 e. The maximum Gasteiger partial charge on any atom is 0.315 e. The lowest BCUT2D eigenvalue weighted by Gasteiger charge is -2.26. The molecule has 0 aliphatic heterocycles. The number of nitrogens with one attached hydrogen (secondary N) is 2. The van der Waals surface area contributed by atoms with Crippen LogP contribution in [0.25, 0.3) is 0 Å². The van der Waals surface area contributed by atoms with E-state index >= 15 is 0 Å². The van der Waals surface area contributed by atoms with Crippen molar-refractivity contribution in [2.24, 2.45) is 0 Å². The van der Waals surface area contributed by atoms with Gasteiger partial charge < -0.3 is 15.4 Å². The first-order chi connectivity index (χ1) is 11.8. The Hall–Kier alpha value is -2.56. The summed E-state index contributed by atoms with van der Waals surface area (Å²) in [4.78, 5) is 16.0. The van der Waals surface area contributed by atoms with Gasteiger partial charge in [0.2, 0.25) is 0 Å². The van der Waals surface area contributed by atoms with Gasteiger partial charge in [-0.15, -0.1) is 0 Å². The van der Waals surface area contributed by atoms with Gasteiger partial charge in [-0.3, -0.25) is 4.98 Å². The number of rotatable bonds is 5. The average molecular weight is 325 g/mol. The van der Waals surface area contributed by atoms with E-state index in [1.54, 1.807) is 19.5 Å².